The molecule has 30 heavy (non-hydrogen) atoms. The summed E-state index contributed by atoms with van der Waals surface area (Å²) in [5.41, 5.74) is 0.668. The molecule has 1 amide bonds. The van der Waals surface area contributed by atoms with Crippen LogP contribution in [0.25, 0.3) is 0 Å². The second kappa shape index (κ2) is 10.6. The van der Waals surface area contributed by atoms with Gasteiger partial charge in [-0.15, -0.1) is 0 Å². The smallest absolute Gasteiger partial charge is 0.251 e. The van der Waals surface area contributed by atoms with E-state index in [-0.39, 0.29) is 5.91 Å². The van der Waals surface area contributed by atoms with E-state index in [2.05, 4.69) is 15.1 Å². The van der Waals surface area contributed by atoms with Crippen molar-refractivity contribution < 1.29 is 9.53 Å². The van der Waals surface area contributed by atoms with Crippen molar-refractivity contribution in [3.05, 3.63) is 60.2 Å². The Kier molecular flexibility index (Phi) is 7.38. The van der Waals surface area contributed by atoms with Gasteiger partial charge in [0.05, 0.1) is 0 Å². The van der Waals surface area contributed by atoms with Gasteiger partial charge in [-0.3, -0.25) is 9.69 Å². The predicted molar refractivity (Wildman–Crippen MR) is 120 cm³/mol. The molecule has 0 radical (unpaired) electrons. The van der Waals surface area contributed by atoms with E-state index in [0.29, 0.717) is 12.1 Å². The lowest BCUT2D eigenvalue weighted by molar-refractivity contribution is 0.0951. The van der Waals surface area contributed by atoms with E-state index in [1.54, 1.807) is 0 Å². The Bertz CT molecular complexity index is 788. The number of amides is 1. The Morgan fingerprint density at radius 3 is 2.43 bits per heavy atom. The van der Waals surface area contributed by atoms with E-state index >= 15 is 0 Å². The van der Waals surface area contributed by atoms with E-state index < -0.39 is 0 Å². The van der Waals surface area contributed by atoms with Crippen molar-refractivity contribution in [3.63, 3.8) is 0 Å². The zero-order chi connectivity index (χ0) is 20.6. The third-order valence-corrected chi connectivity index (χ3v) is 6.19. The maximum atomic E-state index is 12.4. The molecule has 0 aromatic heterocycles. The molecule has 1 atom stereocenters. The van der Waals surface area contributed by atoms with E-state index in [9.17, 15) is 4.79 Å². The van der Waals surface area contributed by atoms with Crippen molar-refractivity contribution in [1.82, 2.24) is 15.1 Å². The molecule has 1 N–H and O–H groups in total. The van der Waals surface area contributed by atoms with E-state index in [4.69, 9.17) is 4.74 Å². The Morgan fingerprint density at radius 1 is 0.933 bits per heavy atom. The van der Waals surface area contributed by atoms with Gasteiger partial charge in [-0.1, -0.05) is 24.6 Å². The zero-order valence-electron chi connectivity index (χ0n) is 17.8. The van der Waals surface area contributed by atoms with Crippen LogP contribution in [-0.4, -0.2) is 61.0 Å². The number of piperidine rings is 1. The fraction of sp³-hybridized carbons (Fsp3) is 0.480. The molecule has 2 fully saturated rings. The Hall–Kier alpha value is -2.37. The van der Waals surface area contributed by atoms with Crippen molar-refractivity contribution in [2.75, 3.05) is 39.3 Å². The van der Waals surface area contributed by atoms with E-state index in [0.717, 1.165) is 30.5 Å². The van der Waals surface area contributed by atoms with Crippen LogP contribution in [0.5, 0.6) is 11.5 Å². The number of nitrogens with one attached hydrogen (secondary N) is 1. The van der Waals surface area contributed by atoms with Crippen LogP contribution >= 0.6 is 0 Å². The molecule has 2 aliphatic rings. The molecule has 5 nitrogen and oxygen atoms in total. The Balaban J connectivity index is 1.14. The molecule has 2 aromatic rings. The molecular formula is C25H33N3O2. The Labute approximate surface area is 180 Å². The third-order valence-electron chi connectivity index (χ3n) is 6.19. The van der Waals surface area contributed by atoms with Gasteiger partial charge < -0.3 is 15.0 Å². The highest BCUT2D eigenvalue weighted by Crippen LogP contribution is 2.22. The van der Waals surface area contributed by atoms with Crippen molar-refractivity contribution in [2.24, 2.45) is 0 Å². The highest BCUT2D eigenvalue weighted by molar-refractivity contribution is 5.94. The minimum Gasteiger partial charge on any atom is -0.457 e. The molecule has 2 aromatic carbocycles. The third kappa shape index (κ3) is 5.83. The van der Waals surface area contributed by atoms with Gasteiger partial charge in [0.1, 0.15) is 11.5 Å². The summed E-state index contributed by atoms with van der Waals surface area (Å²) in [6.07, 6.45) is 6.41. The maximum Gasteiger partial charge on any atom is 0.251 e. The highest BCUT2D eigenvalue weighted by atomic mass is 16.5. The molecule has 2 heterocycles. The summed E-state index contributed by atoms with van der Waals surface area (Å²) in [5.74, 6) is 1.50. The minimum absolute atomic E-state index is 0.0196. The quantitative estimate of drug-likeness (QED) is 0.668. The minimum atomic E-state index is -0.0196. The first-order valence-corrected chi connectivity index (χ1v) is 11.4. The topological polar surface area (TPSA) is 44.8 Å². The first-order chi connectivity index (χ1) is 14.8. The SMILES string of the molecule is O=C(NCCCN1CCC(N2CCCCC2)C1)c1ccc(Oc2ccccc2)cc1. The lowest BCUT2D eigenvalue weighted by atomic mass is 10.1. The summed E-state index contributed by atoms with van der Waals surface area (Å²) >= 11 is 0. The lowest BCUT2D eigenvalue weighted by Gasteiger charge is -2.32. The average molecular weight is 408 g/mol. The average Bonchev–Trinajstić information content (AvgIpc) is 3.27. The molecule has 4 rings (SSSR count). The molecule has 0 aliphatic carbocycles. The first-order valence-electron chi connectivity index (χ1n) is 11.4. The van der Waals surface area contributed by atoms with E-state index in [1.165, 1.54) is 51.9 Å². The van der Waals surface area contributed by atoms with Gasteiger partial charge >= 0.3 is 0 Å². The van der Waals surface area contributed by atoms with Gasteiger partial charge in [-0.2, -0.15) is 0 Å². The molecular weight excluding hydrogens is 374 g/mol. The number of rotatable bonds is 8. The number of likely N-dealkylation sites (tertiary alicyclic amines) is 2. The Morgan fingerprint density at radius 2 is 1.67 bits per heavy atom. The summed E-state index contributed by atoms with van der Waals surface area (Å²) < 4.78 is 5.78. The van der Waals surface area contributed by atoms with Crippen LogP contribution in [0.2, 0.25) is 0 Å². The van der Waals surface area contributed by atoms with Crippen molar-refractivity contribution in [1.29, 1.82) is 0 Å². The largest absolute Gasteiger partial charge is 0.457 e. The van der Waals surface area contributed by atoms with Crippen LogP contribution in [0.4, 0.5) is 0 Å². The van der Waals surface area contributed by atoms with Gasteiger partial charge in [0.25, 0.3) is 5.91 Å². The molecule has 5 heteroatoms. The highest BCUT2D eigenvalue weighted by Gasteiger charge is 2.27. The van der Waals surface area contributed by atoms with Gasteiger partial charge in [-0.25, -0.2) is 0 Å². The summed E-state index contributed by atoms with van der Waals surface area (Å²) in [6, 6.07) is 17.7. The predicted octanol–water partition coefficient (Wildman–Crippen LogP) is 4.16. The molecule has 0 bridgehead atoms. The number of carbonyl (C=O) groups excluding carboxylic acids is 1. The van der Waals surface area contributed by atoms with Crippen LogP contribution in [0.15, 0.2) is 54.6 Å². The second-order valence-corrected chi connectivity index (χ2v) is 8.39. The summed E-state index contributed by atoms with van der Waals surface area (Å²) in [7, 11) is 0. The van der Waals surface area contributed by atoms with Crippen molar-refractivity contribution in [2.45, 2.75) is 38.1 Å². The number of hydrogen-bond acceptors (Lipinski definition) is 4. The zero-order valence-corrected chi connectivity index (χ0v) is 17.8. The summed E-state index contributed by atoms with van der Waals surface area (Å²) in [6.45, 7) is 6.72. The normalized spacial score (nSPS) is 20.2. The fourth-order valence-corrected chi connectivity index (χ4v) is 4.50. The number of para-hydroxylation sites is 1. The second-order valence-electron chi connectivity index (χ2n) is 8.39. The van der Waals surface area contributed by atoms with Gasteiger partial charge in [0, 0.05) is 24.7 Å². The van der Waals surface area contributed by atoms with Gasteiger partial charge in [0.15, 0.2) is 0 Å². The molecule has 1 unspecified atom stereocenters. The van der Waals surface area contributed by atoms with Gasteiger partial charge in [-0.05, 0) is 88.3 Å². The molecule has 2 saturated heterocycles. The molecule has 160 valence electrons. The van der Waals surface area contributed by atoms with E-state index in [1.807, 2.05) is 54.6 Å². The number of nitrogens with zero attached hydrogens (tertiary/aromatic N) is 2. The lowest BCUT2D eigenvalue weighted by Crippen LogP contribution is -2.41. The number of carbonyl (C=O) groups is 1. The van der Waals surface area contributed by atoms with Crippen LogP contribution in [0.1, 0.15) is 42.5 Å². The van der Waals surface area contributed by atoms with Crippen LogP contribution < -0.4 is 10.1 Å². The van der Waals surface area contributed by atoms with Crippen LogP contribution in [0.3, 0.4) is 0 Å². The van der Waals surface area contributed by atoms with Crippen molar-refractivity contribution in [3.8, 4) is 11.5 Å². The summed E-state index contributed by atoms with van der Waals surface area (Å²) in [4.78, 5) is 17.6. The number of benzene rings is 2. The van der Waals surface area contributed by atoms with Crippen LogP contribution in [0, 0.1) is 0 Å². The molecule has 0 saturated carbocycles. The molecule has 2 aliphatic heterocycles. The summed E-state index contributed by atoms with van der Waals surface area (Å²) in [5, 5.41) is 3.05. The standard InChI is InChI=1S/C25H33N3O2/c29-25(21-10-12-24(13-11-21)30-23-8-3-1-4-9-23)26-15-7-16-27-19-14-22(20-27)28-17-5-2-6-18-28/h1,3-4,8-13,22H,2,5-7,14-20H2,(H,26,29). The fourth-order valence-electron chi connectivity index (χ4n) is 4.50. The number of ether oxygens (including phenoxy) is 1. The first kappa shape index (κ1) is 20.9. The van der Waals surface area contributed by atoms with Crippen molar-refractivity contribution >= 4 is 5.91 Å². The number of hydrogen-bond donors (Lipinski definition) is 1. The molecule has 0 spiro atoms. The van der Waals surface area contributed by atoms with Crippen LogP contribution in [-0.2, 0) is 0 Å². The van der Waals surface area contributed by atoms with Gasteiger partial charge in [0.2, 0.25) is 0 Å². The monoisotopic (exact) mass is 407 g/mol. The maximum absolute atomic E-state index is 12.4.